The van der Waals surface area contributed by atoms with Gasteiger partial charge < -0.3 is 5.32 Å². The zero-order valence-corrected chi connectivity index (χ0v) is 14.6. The highest BCUT2D eigenvalue weighted by molar-refractivity contribution is 9.10. The smallest absolute Gasteiger partial charge is 0.142 e. The third kappa shape index (κ3) is 4.79. The van der Waals surface area contributed by atoms with E-state index in [0.717, 1.165) is 18.5 Å². The predicted octanol–water partition coefficient (Wildman–Crippen LogP) is 5.99. The summed E-state index contributed by atoms with van der Waals surface area (Å²) < 4.78 is 15.1. The minimum atomic E-state index is -0.0897. The second-order valence-corrected chi connectivity index (χ2v) is 7.03. The molecule has 1 N–H and O–H groups in total. The Morgan fingerprint density at radius 3 is 2.52 bits per heavy atom. The van der Waals surface area contributed by atoms with Crippen LogP contribution < -0.4 is 5.32 Å². The third-order valence-corrected chi connectivity index (χ3v) is 5.16. The monoisotopic (exact) mass is 355 g/mol. The molecule has 3 heteroatoms. The summed E-state index contributed by atoms with van der Waals surface area (Å²) in [6, 6.07) is 5.84. The van der Waals surface area contributed by atoms with E-state index in [-0.39, 0.29) is 11.9 Å². The van der Waals surface area contributed by atoms with Gasteiger partial charge in [-0.25, -0.2) is 4.39 Å². The van der Waals surface area contributed by atoms with Crippen molar-refractivity contribution in [3.8, 4) is 0 Å². The van der Waals surface area contributed by atoms with Gasteiger partial charge in [0.15, 0.2) is 0 Å². The maximum absolute atomic E-state index is 14.5. The molecular formula is C18H27BrFN. The van der Waals surface area contributed by atoms with E-state index < -0.39 is 0 Å². The molecule has 0 aromatic heterocycles. The molecule has 0 spiro atoms. The van der Waals surface area contributed by atoms with Crippen LogP contribution in [0.2, 0.25) is 0 Å². The van der Waals surface area contributed by atoms with Crippen molar-refractivity contribution in [2.75, 3.05) is 6.54 Å². The average molecular weight is 356 g/mol. The number of benzene rings is 1. The second kappa shape index (κ2) is 8.89. The van der Waals surface area contributed by atoms with Crippen molar-refractivity contribution in [1.29, 1.82) is 0 Å². The summed E-state index contributed by atoms with van der Waals surface area (Å²) >= 11 is 3.33. The highest BCUT2D eigenvalue weighted by atomic mass is 79.9. The van der Waals surface area contributed by atoms with Crippen LogP contribution >= 0.6 is 15.9 Å². The molecule has 118 valence electrons. The Kier molecular flexibility index (Phi) is 7.18. The molecule has 0 radical (unpaired) electrons. The van der Waals surface area contributed by atoms with Gasteiger partial charge in [0.1, 0.15) is 5.82 Å². The van der Waals surface area contributed by atoms with Crippen molar-refractivity contribution in [2.24, 2.45) is 5.92 Å². The molecule has 2 rings (SSSR count). The number of hydrogen-bond acceptors (Lipinski definition) is 1. The zero-order chi connectivity index (χ0) is 15.1. The first-order valence-electron chi connectivity index (χ1n) is 8.41. The SMILES string of the molecule is CCCNC(c1cccc(Br)c1F)C1CCCCCCC1. The van der Waals surface area contributed by atoms with E-state index in [1.165, 1.54) is 44.9 Å². The van der Waals surface area contributed by atoms with Gasteiger partial charge in [-0.1, -0.05) is 51.2 Å². The average Bonchev–Trinajstić information content (AvgIpc) is 2.44. The van der Waals surface area contributed by atoms with Gasteiger partial charge in [-0.3, -0.25) is 0 Å². The van der Waals surface area contributed by atoms with Crippen LogP contribution in [-0.4, -0.2) is 6.54 Å². The number of rotatable bonds is 5. The number of hydrogen-bond donors (Lipinski definition) is 1. The van der Waals surface area contributed by atoms with Gasteiger partial charge >= 0.3 is 0 Å². The Morgan fingerprint density at radius 2 is 1.86 bits per heavy atom. The standard InChI is InChI=1S/C18H27BrFN/c1-2-13-21-18(14-9-6-4-3-5-7-10-14)15-11-8-12-16(19)17(15)20/h8,11-12,14,18,21H,2-7,9-10,13H2,1H3. The quantitative estimate of drug-likeness (QED) is 0.683. The number of halogens is 2. The summed E-state index contributed by atoms with van der Waals surface area (Å²) in [5.74, 6) is 0.466. The van der Waals surface area contributed by atoms with Crippen molar-refractivity contribution in [2.45, 2.75) is 64.3 Å². The Labute approximate surface area is 136 Å². The Hall–Kier alpha value is -0.410. The predicted molar refractivity (Wildman–Crippen MR) is 90.9 cm³/mol. The molecule has 1 nitrogen and oxygen atoms in total. The molecule has 0 saturated heterocycles. The Bertz CT molecular complexity index is 427. The van der Waals surface area contributed by atoms with E-state index in [4.69, 9.17) is 0 Å². The van der Waals surface area contributed by atoms with Crippen LogP contribution in [0.25, 0.3) is 0 Å². The molecule has 0 aliphatic heterocycles. The summed E-state index contributed by atoms with van der Waals surface area (Å²) in [5, 5.41) is 3.61. The first-order valence-corrected chi connectivity index (χ1v) is 9.20. The van der Waals surface area contributed by atoms with Crippen molar-refractivity contribution < 1.29 is 4.39 Å². The molecule has 0 amide bonds. The van der Waals surface area contributed by atoms with E-state index in [1.807, 2.05) is 12.1 Å². The molecule has 0 bridgehead atoms. The lowest BCUT2D eigenvalue weighted by Crippen LogP contribution is -2.30. The maximum Gasteiger partial charge on any atom is 0.142 e. The molecule has 1 unspecified atom stereocenters. The van der Waals surface area contributed by atoms with Crippen LogP contribution in [-0.2, 0) is 0 Å². The van der Waals surface area contributed by atoms with Gasteiger partial charge in [-0.05, 0) is 53.7 Å². The van der Waals surface area contributed by atoms with Gasteiger partial charge in [-0.15, -0.1) is 0 Å². The minimum absolute atomic E-state index is 0.0897. The van der Waals surface area contributed by atoms with E-state index in [9.17, 15) is 4.39 Å². The molecule has 21 heavy (non-hydrogen) atoms. The van der Waals surface area contributed by atoms with Crippen LogP contribution in [0.4, 0.5) is 4.39 Å². The van der Waals surface area contributed by atoms with E-state index in [2.05, 4.69) is 28.2 Å². The lowest BCUT2D eigenvalue weighted by molar-refractivity contribution is 0.283. The molecule has 0 heterocycles. The lowest BCUT2D eigenvalue weighted by atomic mass is 9.82. The van der Waals surface area contributed by atoms with E-state index >= 15 is 0 Å². The van der Waals surface area contributed by atoms with Crippen LogP contribution in [0.1, 0.15) is 69.9 Å². The van der Waals surface area contributed by atoms with Gasteiger partial charge in [0.05, 0.1) is 4.47 Å². The fraction of sp³-hybridized carbons (Fsp3) is 0.667. The normalized spacial score (nSPS) is 19.0. The Balaban J connectivity index is 2.21. The second-order valence-electron chi connectivity index (χ2n) is 6.18. The van der Waals surface area contributed by atoms with Crippen LogP contribution in [0.5, 0.6) is 0 Å². The van der Waals surface area contributed by atoms with E-state index in [1.54, 1.807) is 6.07 Å². The van der Waals surface area contributed by atoms with Crippen molar-refractivity contribution in [3.63, 3.8) is 0 Å². The van der Waals surface area contributed by atoms with Crippen molar-refractivity contribution >= 4 is 15.9 Å². The summed E-state index contributed by atoms with van der Waals surface area (Å²) in [7, 11) is 0. The van der Waals surface area contributed by atoms with Gasteiger partial charge in [0, 0.05) is 11.6 Å². The summed E-state index contributed by atoms with van der Waals surface area (Å²) in [6.45, 7) is 3.12. The minimum Gasteiger partial charge on any atom is -0.310 e. The molecule has 1 aromatic rings. The summed E-state index contributed by atoms with van der Waals surface area (Å²) in [5.41, 5.74) is 0.836. The Morgan fingerprint density at radius 1 is 1.19 bits per heavy atom. The maximum atomic E-state index is 14.5. The lowest BCUT2D eigenvalue weighted by Gasteiger charge is -2.30. The molecular weight excluding hydrogens is 329 g/mol. The van der Waals surface area contributed by atoms with Crippen LogP contribution in [0.3, 0.4) is 0 Å². The molecule has 1 saturated carbocycles. The highest BCUT2D eigenvalue weighted by Crippen LogP contribution is 2.35. The first kappa shape index (κ1) is 17.0. The summed E-state index contributed by atoms with van der Waals surface area (Å²) in [6.07, 6.45) is 10.1. The molecule has 1 aromatic carbocycles. The molecule has 1 aliphatic rings. The fourth-order valence-corrected chi connectivity index (χ4v) is 3.79. The molecule has 1 atom stereocenters. The van der Waals surface area contributed by atoms with Gasteiger partial charge in [0.2, 0.25) is 0 Å². The topological polar surface area (TPSA) is 12.0 Å². The van der Waals surface area contributed by atoms with Crippen molar-refractivity contribution in [1.82, 2.24) is 5.32 Å². The third-order valence-electron chi connectivity index (χ3n) is 4.55. The van der Waals surface area contributed by atoms with Gasteiger partial charge in [0.25, 0.3) is 0 Å². The summed E-state index contributed by atoms with van der Waals surface area (Å²) in [4.78, 5) is 0. The first-order chi connectivity index (χ1) is 10.2. The largest absolute Gasteiger partial charge is 0.310 e. The zero-order valence-electron chi connectivity index (χ0n) is 13.0. The molecule has 1 fully saturated rings. The molecule has 1 aliphatic carbocycles. The van der Waals surface area contributed by atoms with Crippen molar-refractivity contribution in [3.05, 3.63) is 34.1 Å². The van der Waals surface area contributed by atoms with Gasteiger partial charge in [-0.2, -0.15) is 0 Å². The highest BCUT2D eigenvalue weighted by Gasteiger charge is 2.26. The van der Waals surface area contributed by atoms with Crippen LogP contribution in [0.15, 0.2) is 22.7 Å². The number of nitrogens with one attached hydrogen (secondary N) is 1. The van der Waals surface area contributed by atoms with Crippen LogP contribution in [0, 0.1) is 11.7 Å². The van der Waals surface area contributed by atoms with E-state index in [0.29, 0.717) is 10.4 Å². The fourth-order valence-electron chi connectivity index (χ4n) is 3.41.